The minimum absolute atomic E-state index is 0.0533. The third-order valence-corrected chi connectivity index (χ3v) is 1.96. The number of hydrogen-bond donors (Lipinski definition) is 3. The molecule has 1 N–H and O–H groups in total. The number of rotatable bonds is 3. The molecule has 0 heterocycles. The van der Waals surface area contributed by atoms with E-state index < -0.39 is 4.75 Å². The second-order valence-corrected chi connectivity index (χ2v) is 4.60. The maximum Gasteiger partial charge on any atom is 0.235 e. The lowest BCUT2D eigenvalue weighted by molar-refractivity contribution is -0.123. The quantitative estimate of drug-likeness (QED) is 0.629. The standard InChI is InChI=1S/C7H15NOS2.C2H6/c1-5(4-10)8-6(9)7(2,3)11;1-2/h5,10-11H,4H2,1-3H3,(H,8,9);1-2H3. The molecule has 0 aliphatic rings. The van der Waals surface area contributed by atoms with Crippen LogP contribution in [0.2, 0.25) is 0 Å². The Kier molecular flexibility index (Phi) is 9.09. The molecule has 0 spiro atoms. The van der Waals surface area contributed by atoms with Gasteiger partial charge in [0.05, 0.1) is 4.75 Å². The predicted molar refractivity (Wildman–Crippen MR) is 65.9 cm³/mol. The van der Waals surface area contributed by atoms with Gasteiger partial charge in [0.2, 0.25) is 5.91 Å². The van der Waals surface area contributed by atoms with Gasteiger partial charge in [0.25, 0.3) is 0 Å². The molecule has 0 saturated heterocycles. The average Bonchev–Trinajstić information content (AvgIpc) is 2.06. The van der Waals surface area contributed by atoms with Gasteiger partial charge in [0.1, 0.15) is 0 Å². The van der Waals surface area contributed by atoms with Crippen LogP contribution in [0.3, 0.4) is 0 Å². The fourth-order valence-electron chi connectivity index (χ4n) is 0.446. The highest BCUT2D eigenvalue weighted by Crippen LogP contribution is 2.11. The lowest BCUT2D eigenvalue weighted by atomic mass is 10.2. The van der Waals surface area contributed by atoms with Crippen LogP contribution in [0.1, 0.15) is 34.6 Å². The summed E-state index contributed by atoms with van der Waals surface area (Å²) in [6.07, 6.45) is 0. The van der Waals surface area contributed by atoms with Crippen LogP contribution in [0.4, 0.5) is 0 Å². The molecule has 0 fully saturated rings. The second-order valence-electron chi connectivity index (χ2n) is 3.12. The summed E-state index contributed by atoms with van der Waals surface area (Å²) in [6.45, 7) is 9.43. The Hall–Kier alpha value is 0.170. The summed E-state index contributed by atoms with van der Waals surface area (Å²) >= 11 is 8.17. The monoisotopic (exact) mass is 223 g/mol. The molecule has 0 bridgehead atoms. The fourth-order valence-corrected chi connectivity index (χ4v) is 0.602. The van der Waals surface area contributed by atoms with E-state index in [1.165, 1.54) is 0 Å². The second kappa shape index (κ2) is 7.56. The third-order valence-electron chi connectivity index (χ3n) is 1.21. The molecule has 0 aromatic heterocycles. The molecular formula is C9H21NOS2. The van der Waals surface area contributed by atoms with Crippen molar-refractivity contribution < 1.29 is 4.79 Å². The van der Waals surface area contributed by atoms with Crippen molar-refractivity contribution in [3.05, 3.63) is 0 Å². The van der Waals surface area contributed by atoms with Crippen molar-refractivity contribution in [3.8, 4) is 0 Å². The summed E-state index contributed by atoms with van der Waals surface area (Å²) < 4.78 is -0.600. The van der Waals surface area contributed by atoms with Crippen molar-refractivity contribution in [1.82, 2.24) is 5.32 Å². The Morgan fingerprint density at radius 2 is 1.85 bits per heavy atom. The van der Waals surface area contributed by atoms with Gasteiger partial charge in [-0.3, -0.25) is 4.79 Å². The SMILES string of the molecule is CC.CC(CS)NC(=O)C(C)(C)S. The molecule has 0 radical (unpaired) electrons. The molecule has 80 valence electrons. The predicted octanol–water partition coefficient (Wildman–Crippen LogP) is 2.16. The largest absolute Gasteiger partial charge is 0.352 e. The molecule has 2 nitrogen and oxygen atoms in total. The normalized spacial score (nSPS) is 12.5. The minimum Gasteiger partial charge on any atom is -0.352 e. The molecule has 0 saturated carbocycles. The zero-order valence-electron chi connectivity index (χ0n) is 9.09. The van der Waals surface area contributed by atoms with Crippen molar-refractivity contribution >= 4 is 31.2 Å². The Morgan fingerprint density at radius 1 is 1.46 bits per heavy atom. The number of carbonyl (C=O) groups excluding carboxylic acids is 1. The van der Waals surface area contributed by atoms with E-state index in [0.717, 1.165) is 0 Å². The van der Waals surface area contributed by atoms with Gasteiger partial charge in [0, 0.05) is 11.8 Å². The minimum atomic E-state index is -0.600. The number of amides is 1. The maximum absolute atomic E-state index is 11.2. The van der Waals surface area contributed by atoms with Crippen LogP contribution in [-0.4, -0.2) is 22.4 Å². The fraction of sp³-hybridized carbons (Fsp3) is 0.889. The zero-order valence-corrected chi connectivity index (χ0v) is 10.9. The first-order valence-electron chi connectivity index (χ1n) is 4.52. The van der Waals surface area contributed by atoms with Crippen LogP contribution in [0.15, 0.2) is 0 Å². The first kappa shape index (κ1) is 15.6. The lowest BCUT2D eigenvalue weighted by Gasteiger charge is -2.19. The lowest BCUT2D eigenvalue weighted by Crippen LogP contribution is -2.43. The number of thiol groups is 2. The van der Waals surface area contributed by atoms with Crippen molar-refractivity contribution in [2.75, 3.05) is 5.75 Å². The Labute approximate surface area is 92.7 Å². The van der Waals surface area contributed by atoms with Gasteiger partial charge in [0.15, 0.2) is 0 Å². The van der Waals surface area contributed by atoms with Crippen LogP contribution < -0.4 is 5.32 Å². The van der Waals surface area contributed by atoms with E-state index in [1.807, 2.05) is 20.8 Å². The van der Waals surface area contributed by atoms with E-state index in [0.29, 0.717) is 5.75 Å². The highest BCUT2D eigenvalue weighted by Gasteiger charge is 2.22. The summed E-state index contributed by atoms with van der Waals surface area (Å²) in [7, 11) is 0. The zero-order chi connectivity index (χ0) is 11.1. The van der Waals surface area contributed by atoms with Gasteiger partial charge in [-0.05, 0) is 20.8 Å². The molecule has 4 heteroatoms. The smallest absolute Gasteiger partial charge is 0.235 e. The highest BCUT2D eigenvalue weighted by atomic mass is 32.1. The van der Waals surface area contributed by atoms with E-state index in [9.17, 15) is 4.79 Å². The topological polar surface area (TPSA) is 29.1 Å². The molecule has 1 atom stereocenters. The van der Waals surface area contributed by atoms with Crippen LogP contribution >= 0.6 is 25.3 Å². The van der Waals surface area contributed by atoms with Gasteiger partial charge in [-0.25, -0.2) is 0 Å². The molecule has 0 aliphatic heterocycles. The first-order chi connectivity index (χ1) is 5.88. The van der Waals surface area contributed by atoms with Crippen molar-refractivity contribution in [3.63, 3.8) is 0 Å². The Balaban J connectivity index is 0. The average molecular weight is 223 g/mol. The van der Waals surface area contributed by atoms with Gasteiger partial charge in [-0.2, -0.15) is 25.3 Å². The highest BCUT2D eigenvalue weighted by molar-refractivity contribution is 7.82. The summed E-state index contributed by atoms with van der Waals surface area (Å²) in [5, 5.41) is 2.78. The molecule has 0 aromatic carbocycles. The van der Waals surface area contributed by atoms with E-state index in [1.54, 1.807) is 13.8 Å². The van der Waals surface area contributed by atoms with Crippen molar-refractivity contribution in [1.29, 1.82) is 0 Å². The van der Waals surface area contributed by atoms with Crippen LogP contribution in [0.25, 0.3) is 0 Å². The number of hydrogen-bond acceptors (Lipinski definition) is 3. The maximum atomic E-state index is 11.2. The summed E-state index contributed by atoms with van der Waals surface area (Å²) in [5.41, 5.74) is 0. The summed E-state index contributed by atoms with van der Waals surface area (Å²) in [4.78, 5) is 11.2. The summed E-state index contributed by atoms with van der Waals surface area (Å²) in [5.74, 6) is 0.595. The molecule has 0 rings (SSSR count). The van der Waals surface area contributed by atoms with Crippen LogP contribution in [-0.2, 0) is 4.79 Å². The van der Waals surface area contributed by atoms with Crippen molar-refractivity contribution in [2.45, 2.75) is 45.4 Å². The van der Waals surface area contributed by atoms with Gasteiger partial charge in [-0.15, -0.1) is 0 Å². The molecular weight excluding hydrogens is 202 g/mol. The van der Waals surface area contributed by atoms with E-state index >= 15 is 0 Å². The van der Waals surface area contributed by atoms with Gasteiger partial charge >= 0.3 is 0 Å². The summed E-state index contributed by atoms with van der Waals surface area (Å²) in [6, 6.07) is 0.109. The first-order valence-corrected chi connectivity index (χ1v) is 5.60. The van der Waals surface area contributed by atoms with E-state index in [-0.39, 0.29) is 11.9 Å². The third kappa shape index (κ3) is 8.50. The molecule has 1 unspecified atom stereocenters. The van der Waals surface area contributed by atoms with Crippen LogP contribution in [0, 0.1) is 0 Å². The van der Waals surface area contributed by atoms with Gasteiger partial charge in [-0.1, -0.05) is 13.8 Å². The Morgan fingerprint density at radius 3 is 2.08 bits per heavy atom. The van der Waals surface area contributed by atoms with Gasteiger partial charge < -0.3 is 5.32 Å². The molecule has 0 aliphatic carbocycles. The Bertz CT molecular complexity index is 143. The number of nitrogens with one attached hydrogen (secondary N) is 1. The number of carbonyl (C=O) groups is 1. The molecule has 13 heavy (non-hydrogen) atoms. The van der Waals surface area contributed by atoms with E-state index in [2.05, 4.69) is 30.6 Å². The van der Waals surface area contributed by atoms with E-state index in [4.69, 9.17) is 0 Å². The van der Waals surface area contributed by atoms with Crippen LogP contribution in [0.5, 0.6) is 0 Å². The van der Waals surface area contributed by atoms with Crippen molar-refractivity contribution in [2.24, 2.45) is 0 Å². The molecule has 0 aromatic rings. The molecule has 1 amide bonds.